The van der Waals surface area contributed by atoms with Gasteiger partial charge in [-0.05, 0) is 72.2 Å². The molecule has 2 amide bonds. The molecule has 7 rings (SSSR count). The summed E-state index contributed by atoms with van der Waals surface area (Å²) in [6, 6.07) is 24.3. The average molecular weight is 557 g/mol. The average Bonchev–Trinajstić information content (AvgIpc) is 3.76. The van der Waals surface area contributed by atoms with E-state index in [0.717, 1.165) is 57.9 Å². The van der Waals surface area contributed by atoms with Crippen molar-refractivity contribution in [3.05, 3.63) is 101 Å². The number of amides is 2. The van der Waals surface area contributed by atoms with E-state index in [1.807, 2.05) is 37.3 Å². The van der Waals surface area contributed by atoms with Crippen molar-refractivity contribution in [3.63, 3.8) is 0 Å². The van der Waals surface area contributed by atoms with Gasteiger partial charge in [0.1, 0.15) is 12.0 Å². The Hall–Kier alpha value is -4.82. The van der Waals surface area contributed by atoms with E-state index in [4.69, 9.17) is 0 Å². The van der Waals surface area contributed by atoms with Crippen molar-refractivity contribution in [3.8, 4) is 22.5 Å². The van der Waals surface area contributed by atoms with E-state index in [1.165, 1.54) is 24.0 Å². The van der Waals surface area contributed by atoms with E-state index in [-0.39, 0.29) is 11.8 Å². The minimum Gasteiger partial charge on any atom is -0.354 e. The number of hydrogen-bond acceptors (Lipinski definition) is 5. The molecule has 3 aromatic carbocycles. The zero-order valence-electron chi connectivity index (χ0n) is 23.5. The Morgan fingerprint density at radius 3 is 2.60 bits per heavy atom. The molecule has 5 aromatic rings. The molecule has 1 saturated heterocycles. The third-order valence-corrected chi connectivity index (χ3v) is 8.27. The predicted octanol–water partition coefficient (Wildman–Crippen LogP) is 5.66. The lowest BCUT2D eigenvalue weighted by atomic mass is 10.0. The van der Waals surface area contributed by atoms with Gasteiger partial charge in [0.15, 0.2) is 0 Å². The van der Waals surface area contributed by atoms with Crippen LogP contribution in [0.1, 0.15) is 45.8 Å². The van der Waals surface area contributed by atoms with Crippen molar-refractivity contribution in [1.29, 1.82) is 0 Å². The minimum atomic E-state index is -0.124. The van der Waals surface area contributed by atoms with Gasteiger partial charge in [-0.2, -0.15) is 0 Å². The number of nitrogens with zero attached hydrogens (tertiary/aromatic N) is 3. The first-order valence-electron chi connectivity index (χ1n) is 14.5. The number of carbonyl (C=O) groups excluding carboxylic acids is 2. The number of nitrogens with one attached hydrogen (secondary N) is 3. The van der Waals surface area contributed by atoms with E-state index >= 15 is 0 Å². The van der Waals surface area contributed by atoms with Crippen LogP contribution < -0.4 is 10.6 Å². The number of fused-ring (bicyclic) bond motifs is 1. The maximum absolute atomic E-state index is 13.1. The minimum absolute atomic E-state index is 0.0782. The van der Waals surface area contributed by atoms with Gasteiger partial charge in [-0.3, -0.25) is 14.5 Å². The van der Waals surface area contributed by atoms with Crippen LogP contribution >= 0.6 is 0 Å². The third-order valence-electron chi connectivity index (χ3n) is 8.27. The summed E-state index contributed by atoms with van der Waals surface area (Å²) in [6.45, 7) is 4.73. The van der Waals surface area contributed by atoms with Crippen molar-refractivity contribution in [2.24, 2.45) is 0 Å². The summed E-state index contributed by atoms with van der Waals surface area (Å²) in [5.41, 5.74) is 9.33. The predicted molar refractivity (Wildman–Crippen MR) is 164 cm³/mol. The number of aromatic nitrogens is 3. The summed E-state index contributed by atoms with van der Waals surface area (Å²) in [5, 5.41) is 6.89. The van der Waals surface area contributed by atoms with Gasteiger partial charge < -0.3 is 15.6 Å². The highest BCUT2D eigenvalue weighted by Gasteiger charge is 2.23. The van der Waals surface area contributed by atoms with Gasteiger partial charge >= 0.3 is 0 Å². The van der Waals surface area contributed by atoms with Crippen molar-refractivity contribution < 1.29 is 9.59 Å². The molecular formula is C34H32N6O2. The second-order valence-electron chi connectivity index (χ2n) is 11.3. The number of anilines is 1. The third kappa shape index (κ3) is 5.29. The van der Waals surface area contributed by atoms with Gasteiger partial charge in [-0.15, -0.1) is 0 Å². The number of H-pyrrole nitrogens is 1. The molecule has 2 aromatic heterocycles. The van der Waals surface area contributed by atoms with Crippen molar-refractivity contribution in [1.82, 2.24) is 25.2 Å². The van der Waals surface area contributed by atoms with Gasteiger partial charge in [0.2, 0.25) is 5.91 Å². The summed E-state index contributed by atoms with van der Waals surface area (Å²) in [6.07, 6.45) is 4.05. The first-order chi connectivity index (χ1) is 20.5. The summed E-state index contributed by atoms with van der Waals surface area (Å²) < 4.78 is 0. The van der Waals surface area contributed by atoms with Crippen LogP contribution in [0.2, 0.25) is 0 Å². The number of hydrogen-bond donors (Lipinski definition) is 3. The van der Waals surface area contributed by atoms with Crippen LogP contribution in [-0.2, 0) is 11.3 Å². The second-order valence-corrected chi connectivity index (χ2v) is 11.3. The molecule has 1 aliphatic carbocycles. The molecule has 0 unspecified atom stereocenters. The molecule has 210 valence electrons. The normalized spacial score (nSPS) is 15.5. The van der Waals surface area contributed by atoms with Gasteiger partial charge in [0.05, 0.1) is 12.2 Å². The lowest BCUT2D eigenvalue weighted by Gasteiger charge is -2.26. The number of aromatic amines is 1. The Bertz CT molecular complexity index is 1790. The SMILES string of the molecule is Cc1c(NC(=O)c2ccc(C3CC3)cc2)cccc1-c1ncnc2[nH]c(-c3ccc(CN4CCNC(=O)C4)cc3)cc12. The Kier molecular flexibility index (Phi) is 6.76. The topological polar surface area (TPSA) is 103 Å². The lowest BCUT2D eigenvalue weighted by molar-refractivity contribution is -0.124. The van der Waals surface area contributed by atoms with Crippen LogP contribution in [0, 0.1) is 6.92 Å². The number of rotatable bonds is 7. The second kappa shape index (κ2) is 10.9. The molecule has 42 heavy (non-hydrogen) atoms. The van der Waals surface area contributed by atoms with Gasteiger partial charge in [0, 0.05) is 47.5 Å². The summed E-state index contributed by atoms with van der Waals surface area (Å²) >= 11 is 0. The van der Waals surface area contributed by atoms with E-state index in [1.54, 1.807) is 6.33 Å². The smallest absolute Gasteiger partial charge is 0.255 e. The number of carbonyl (C=O) groups is 2. The van der Waals surface area contributed by atoms with Crippen molar-refractivity contribution in [2.75, 3.05) is 25.0 Å². The standard InChI is InChI=1S/C34H32N6O2/c1-21-27(3-2-4-29(21)39-34(42)26-13-11-24(12-14-26)23-9-10-23)32-28-17-30(38-33(28)37-20-36-32)25-7-5-22(6-8-25)18-40-16-15-35-31(41)19-40/h2-8,11-14,17,20,23H,9-10,15-16,18-19H2,1H3,(H,35,41)(H,39,42)(H,36,37,38). The molecule has 3 N–H and O–H groups in total. The Labute approximate surface area is 244 Å². The van der Waals surface area contributed by atoms with Crippen LogP contribution in [0.4, 0.5) is 5.69 Å². The zero-order chi connectivity index (χ0) is 28.6. The van der Waals surface area contributed by atoms with Crippen LogP contribution in [0.15, 0.2) is 79.1 Å². The quantitative estimate of drug-likeness (QED) is 0.240. The van der Waals surface area contributed by atoms with Gasteiger partial charge in [0.25, 0.3) is 5.91 Å². The summed E-state index contributed by atoms with van der Waals surface area (Å²) in [5.74, 6) is 0.616. The van der Waals surface area contributed by atoms with E-state index < -0.39 is 0 Å². The van der Waals surface area contributed by atoms with E-state index in [2.05, 4.69) is 72.9 Å². The maximum atomic E-state index is 13.1. The van der Waals surface area contributed by atoms with Gasteiger partial charge in [-0.25, -0.2) is 9.97 Å². The van der Waals surface area contributed by atoms with Crippen LogP contribution in [0.3, 0.4) is 0 Å². The molecule has 3 heterocycles. The fraction of sp³-hybridized carbons (Fsp3) is 0.235. The van der Waals surface area contributed by atoms with Crippen LogP contribution in [-0.4, -0.2) is 51.3 Å². The number of piperazine rings is 1. The monoisotopic (exact) mass is 556 g/mol. The van der Waals surface area contributed by atoms with Crippen molar-refractivity contribution >= 4 is 28.5 Å². The molecule has 2 fully saturated rings. The molecule has 8 nitrogen and oxygen atoms in total. The van der Waals surface area contributed by atoms with Gasteiger partial charge in [-0.1, -0.05) is 48.5 Å². The molecule has 0 atom stereocenters. The van der Waals surface area contributed by atoms with Crippen LogP contribution in [0.5, 0.6) is 0 Å². The Balaban J connectivity index is 1.12. The van der Waals surface area contributed by atoms with Crippen molar-refractivity contribution in [2.45, 2.75) is 32.2 Å². The molecule has 0 radical (unpaired) electrons. The fourth-order valence-corrected chi connectivity index (χ4v) is 5.73. The fourth-order valence-electron chi connectivity index (χ4n) is 5.73. The number of benzene rings is 3. The maximum Gasteiger partial charge on any atom is 0.255 e. The lowest BCUT2D eigenvalue weighted by Crippen LogP contribution is -2.47. The van der Waals surface area contributed by atoms with E-state index in [9.17, 15) is 9.59 Å². The molecule has 1 aliphatic heterocycles. The highest BCUT2D eigenvalue weighted by molar-refractivity contribution is 6.05. The highest BCUT2D eigenvalue weighted by atomic mass is 16.2. The first-order valence-corrected chi connectivity index (χ1v) is 14.5. The summed E-state index contributed by atoms with van der Waals surface area (Å²) in [4.78, 5) is 39.5. The first kappa shape index (κ1) is 26.1. The Morgan fingerprint density at radius 1 is 1.02 bits per heavy atom. The molecule has 8 heteroatoms. The Morgan fingerprint density at radius 2 is 1.83 bits per heavy atom. The largest absolute Gasteiger partial charge is 0.354 e. The highest BCUT2D eigenvalue weighted by Crippen LogP contribution is 2.40. The molecule has 2 aliphatic rings. The summed E-state index contributed by atoms with van der Waals surface area (Å²) in [7, 11) is 0. The van der Waals surface area contributed by atoms with Crippen LogP contribution in [0.25, 0.3) is 33.5 Å². The molecule has 0 spiro atoms. The molecular weight excluding hydrogens is 524 g/mol. The zero-order valence-corrected chi connectivity index (χ0v) is 23.5. The molecule has 1 saturated carbocycles. The molecule has 0 bridgehead atoms. The van der Waals surface area contributed by atoms with E-state index in [0.29, 0.717) is 24.6 Å².